The fraction of sp³-hybridized carbons (Fsp3) is 0.348. The molecule has 2 aromatic carbocycles. The maximum atomic E-state index is 13.8. The molecule has 174 valence electrons. The van der Waals surface area contributed by atoms with E-state index >= 15 is 0 Å². The van der Waals surface area contributed by atoms with Crippen LogP contribution in [-0.2, 0) is 20.1 Å². The van der Waals surface area contributed by atoms with Crippen molar-refractivity contribution in [2.75, 3.05) is 13.2 Å². The average molecular weight is 494 g/mol. The van der Waals surface area contributed by atoms with Crippen LogP contribution in [0.25, 0.3) is 0 Å². The van der Waals surface area contributed by atoms with Gasteiger partial charge in [-0.1, -0.05) is 34.4 Å². The van der Waals surface area contributed by atoms with Gasteiger partial charge >= 0.3 is 0 Å². The summed E-state index contributed by atoms with van der Waals surface area (Å²) in [6.45, 7) is 5.94. The molecule has 0 aromatic heterocycles. The fourth-order valence-electron chi connectivity index (χ4n) is 3.87. The number of nitrogens with one attached hydrogen (secondary N) is 1. The lowest BCUT2D eigenvalue weighted by Gasteiger charge is -2.22. The number of halogens is 3. The molecule has 2 aliphatic heterocycles. The number of likely N-dealkylation sites (N-methyl/N-ethyl adjacent to an activating group) is 1. The summed E-state index contributed by atoms with van der Waals surface area (Å²) in [4.78, 5) is 35.9. The molecule has 0 bridgehead atoms. The second kappa shape index (κ2) is 8.93. The van der Waals surface area contributed by atoms with Crippen molar-refractivity contribution in [1.82, 2.24) is 10.4 Å². The predicted molar refractivity (Wildman–Crippen MR) is 122 cm³/mol. The fourth-order valence-corrected chi connectivity index (χ4v) is 4.36. The molecule has 2 aromatic rings. The van der Waals surface area contributed by atoms with Crippen molar-refractivity contribution in [2.24, 2.45) is 5.16 Å². The Balaban J connectivity index is 1.48. The minimum Gasteiger partial charge on any atom is -0.384 e. The number of amides is 2. The van der Waals surface area contributed by atoms with Gasteiger partial charge in [0.25, 0.3) is 11.8 Å². The van der Waals surface area contributed by atoms with Crippen LogP contribution in [0.1, 0.15) is 47.3 Å². The van der Waals surface area contributed by atoms with Crippen LogP contribution in [0.5, 0.6) is 0 Å². The Bertz CT molecular complexity index is 1150. The van der Waals surface area contributed by atoms with Crippen LogP contribution < -0.4 is 5.32 Å². The second-order valence-corrected chi connectivity index (χ2v) is 8.99. The summed E-state index contributed by atoms with van der Waals surface area (Å²) in [5, 5.41) is 7.99. The molecule has 4 rings (SSSR count). The highest BCUT2D eigenvalue weighted by Gasteiger charge is 2.38. The van der Waals surface area contributed by atoms with Crippen LogP contribution in [-0.4, -0.2) is 41.8 Å². The summed E-state index contributed by atoms with van der Waals surface area (Å²) < 4.78 is 13.8. The van der Waals surface area contributed by atoms with E-state index in [0.717, 1.165) is 5.56 Å². The van der Waals surface area contributed by atoms with Gasteiger partial charge in [0.1, 0.15) is 12.6 Å². The van der Waals surface area contributed by atoms with Crippen molar-refractivity contribution in [2.45, 2.75) is 38.8 Å². The molecule has 2 aliphatic rings. The van der Waals surface area contributed by atoms with Gasteiger partial charge in [-0.2, -0.15) is 0 Å². The van der Waals surface area contributed by atoms with Crippen molar-refractivity contribution in [3.05, 3.63) is 68.4 Å². The Labute approximate surface area is 200 Å². The summed E-state index contributed by atoms with van der Waals surface area (Å²) in [5.41, 5.74) is 2.35. The maximum absolute atomic E-state index is 13.8. The zero-order valence-electron chi connectivity index (χ0n) is 18.2. The molecule has 2 atom stereocenters. The Morgan fingerprint density at radius 3 is 2.61 bits per heavy atom. The number of hydrogen-bond acceptors (Lipinski definition) is 5. The van der Waals surface area contributed by atoms with E-state index < -0.39 is 17.5 Å². The molecule has 0 radical (unpaired) electrons. The monoisotopic (exact) mass is 493 g/mol. The van der Waals surface area contributed by atoms with Crippen LogP contribution in [0.2, 0.25) is 10.0 Å². The van der Waals surface area contributed by atoms with Gasteiger partial charge in [0.05, 0.1) is 15.8 Å². The zero-order chi connectivity index (χ0) is 23.9. The highest BCUT2D eigenvalue weighted by atomic mass is 35.5. The number of aryl methyl sites for hydroxylation is 1. The third-order valence-electron chi connectivity index (χ3n) is 5.79. The van der Waals surface area contributed by atoms with Gasteiger partial charge in [-0.15, -0.1) is 0 Å². The summed E-state index contributed by atoms with van der Waals surface area (Å²) in [7, 11) is 0. The maximum Gasteiger partial charge on any atom is 0.271 e. The number of carbonyl (C=O) groups excluding carboxylic acids is 2. The normalized spacial score (nSPS) is 22.4. The quantitative estimate of drug-likeness (QED) is 0.627. The molecule has 10 heteroatoms. The van der Waals surface area contributed by atoms with Crippen molar-refractivity contribution in [1.29, 1.82) is 0 Å². The number of benzene rings is 2. The Morgan fingerprint density at radius 1 is 1.30 bits per heavy atom. The first-order valence-electron chi connectivity index (χ1n) is 10.4. The zero-order valence-corrected chi connectivity index (χ0v) is 19.8. The molecule has 0 saturated carbocycles. The minimum absolute atomic E-state index is 0.0878. The molecule has 2 amide bonds. The van der Waals surface area contributed by atoms with Crippen LogP contribution in [0.3, 0.4) is 0 Å². The molecule has 0 aliphatic carbocycles. The summed E-state index contributed by atoms with van der Waals surface area (Å²) >= 11 is 11.9. The smallest absolute Gasteiger partial charge is 0.271 e. The average Bonchev–Trinajstić information content (AvgIpc) is 3.35. The Hall–Kier alpha value is -2.68. The molecular formula is C23H22Cl2FN3O4. The summed E-state index contributed by atoms with van der Waals surface area (Å²) in [6, 6.07) is 7.53. The van der Waals surface area contributed by atoms with Gasteiger partial charge in [-0.05, 0) is 56.2 Å². The Kier molecular flexibility index (Phi) is 6.35. The first-order valence-corrected chi connectivity index (χ1v) is 11.1. The van der Waals surface area contributed by atoms with Crippen LogP contribution in [0, 0.1) is 12.7 Å². The lowest BCUT2D eigenvalue weighted by molar-refractivity contribution is -0.160. The standard InChI is InChI=1S/C23H22Cl2FN3O4/c1-4-29-22(31)19(11-32-29)27-21(30)15-6-5-13(7-12(15)2)18-10-23(3,33-28-18)14-8-16(24)20(26)17(25)9-14/h5-9,19H,4,10-11H2,1-3H3,(H,27,30)/t19-,23+/m1/s1. The highest BCUT2D eigenvalue weighted by Crippen LogP contribution is 2.39. The van der Waals surface area contributed by atoms with Gasteiger partial charge < -0.3 is 10.2 Å². The van der Waals surface area contributed by atoms with Crippen molar-refractivity contribution >= 4 is 40.7 Å². The summed E-state index contributed by atoms with van der Waals surface area (Å²) in [6.07, 6.45) is 0.400. The first kappa shape index (κ1) is 23.5. The first-order chi connectivity index (χ1) is 15.6. The van der Waals surface area contributed by atoms with E-state index in [4.69, 9.17) is 32.9 Å². The van der Waals surface area contributed by atoms with E-state index in [9.17, 15) is 14.0 Å². The van der Waals surface area contributed by atoms with Gasteiger partial charge in [-0.3, -0.25) is 14.4 Å². The number of rotatable bonds is 5. The molecule has 0 spiro atoms. The number of hydrogen-bond donors (Lipinski definition) is 1. The molecule has 7 nitrogen and oxygen atoms in total. The second-order valence-electron chi connectivity index (χ2n) is 8.18. The lowest BCUT2D eigenvalue weighted by Crippen LogP contribution is -2.42. The molecule has 0 unspecified atom stereocenters. The van der Waals surface area contributed by atoms with Gasteiger partial charge in [0.2, 0.25) is 0 Å². The van der Waals surface area contributed by atoms with Gasteiger partial charge in [0.15, 0.2) is 11.4 Å². The molecular weight excluding hydrogens is 472 g/mol. The third-order valence-corrected chi connectivity index (χ3v) is 6.34. The van der Waals surface area contributed by atoms with E-state index in [-0.39, 0.29) is 28.5 Å². The highest BCUT2D eigenvalue weighted by molar-refractivity contribution is 6.35. The predicted octanol–water partition coefficient (Wildman–Crippen LogP) is 4.37. The molecule has 1 fully saturated rings. The van der Waals surface area contributed by atoms with Gasteiger partial charge in [-0.25, -0.2) is 9.45 Å². The number of hydroxylamine groups is 2. The van der Waals surface area contributed by atoms with E-state index in [0.29, 0.717) is 35.4 Å². The molecule has 33 heavy (non-hydrogen) atoms. The number of nitrogens with zero attached hydrogens (tertiary/aromatic N) is 2. The summed E-state index contributed by atoms with van der Waals surface area (Å²) in [5.74, 6) is -1.30. The van der Waals surface area contributed by atoms with Crippen LogP contribution >= 0.6 is 23.2 Å². The molecule has 2 heterocycles. The largest absolute Gasteiger partial charge is 0.384 e. The minimum atomic E-state index is -0.867. The van der Waals surface area contributed by atoms with Gasteiger partial charge in [0, 0.05) is 24.1 Å². The van der Waals surface area contributed by atoms with E-state index in [1.165, 1.54) is 17.2 Å². The van der Waals surface area contributed by atoms with E-state index in [1.807, 2.05) is 13.0 Å². The lowest BCUT2D eigenvalue weighted by atomic mass is 9.88. The third kappa shape index (κ3) is 4.43. The molecule has 1 N–H and O–H groups in total. The number of carbonyl (C=O) groups is 2. The molecule has 1 saturated heterocycles. The number of oxime groups is 1. The Morgan fingerprint density at radius 2 is 2.00 bits per heavy atom. The SMILES string of the molecule is CCN1OC[C@@H](NC(=O)c2ccc(C3=NO[C@](C)(c4cc(Cl)c(F)c(Cl)c4)C3)cc2C)C1=O. The van der Waals surface area contributed by atoms with Crippen LogP contribution in [0.4, 0.5) is 4.39 Å². The van der Waals surface area contributed by atoms with E-state index in [1.54, 1.807) is 26.0 Å². The van der Waals surface area contributed by atoms with Crippen molar-refractivity contribution in [3.63, 3.8) is 0 Å². The van der Waals surface area contributed by atoms with E-state index in [2.05, 4.69) is 10.5 Å². The topological polar surface area (TPSA) is 80.2 Å². The van der Waals surface area contributed by atoms with Crippen molar-refractivity contribution < 1.29 is 23.7 Å². The van der Waals surface area contributed by atoms with Crippen molar-refractivity contribution in [3.8, 4) is 0 Å². The van der Waals surface area contributed by atoms with Crippen LogP contribution in [0.15, 0.2) is 35.5 Å².